The molecule has 0 unspecified atom stereocenters. The third-order valence-electron chi connectivity index (χ3n) is 2.83. The van der Waals surface area contributed by atoms with Gasteiger partial charge in [0.05, 0.1) is 24.0 Å². The number of carboxylic acids is 1. The highest BCUT2D eigenvalue weighted by atomic mass is 16.4. The van der Waals surface area contributed by atoms with Gasteiger partial charge in [-0.15, -0.1) is 5.10 Å². The van der Waals surface area contributed by atoms with Crippen LogP contribution in [0.1, 0.15) is 32.0 Å². The highest BCUT2D eigenvalue weighted by Crippen LogP contribution is 2.27. The van der Waals surface area contributed by atoms with Gasteiger partial charge in [0.2, 0.25) is 0 Å². The van der Waals surface area contributed by atoms with Crippen molar-refractivity contribution in [3.8, 4) is 5.69 Å². The van der Waals surface area contributed by atoms with Crippen LogP contribution < -0.4 is 0 Å². The van der Waals surface area contributed by atoms with Gasteiger partial charge in [-0.3, -0.25) is 4.79 Å². The van der Waals surface area contributed by atoms with Gasteiger partial charge in [-0.05, 0) is 17.0 Å². The molecule has 0 aliphatic rings. The molecule has 5 nitrogen and oxygen atoms in total. The fourth-order valence-corrected chi connectivity index (χ4v) is 1.96. The lowest BCUT2D eigenvalue weighted by Gasteiger charge is -2.22. The summed E-state index contributed by atoms with van der Waals surface area (Å²) in [6, 6.07) is 7.93. The Bertz CT molecular complexity index is 597. The number of rotatable bonds is 3. The SMILES string of the molecule is CC(C)(C)c1ccccc1-n1cc(CC(=O)O)nn1. The van der Waals surface area contributed by atoms with Crippen LogP contribution in [0.3, 0.4) is 0 Å². The summed E-state index contributed by atoms with van der Waals surface area (Å²) in [5, 5.41) is 16.7. The Balaban J connectivity index is 2.42. The number of benzene rings is 1. The monoisotopic (exact) mass is 259 g/mol. The molecule has 0 saturated carbocycles. The van der Waals surface area contributed by atoms with Crippen molar-refractivity contribution in [2.75, 3.05) is 0 Å². The van der Waals surface area contributed by atoms with Crippen molar-refractivity contribution in [2.24, 2.45) is 0 Å². The molecule has 0 fully saturated rings. The molecule has 0 aliphatic heterocycles. The second-order valence-electron chi connectivity index (χ2n) is 5.49. The molecule has 1 aromatic carbocycles. The minimum absolute atomic E-state index is 0.0183. The Labute approximate surface area is 111 Å². The zero-order valence-corrected chi connectivity index (χ0v) is 11.3. The van der Waals surface area contributed by atoms with Crippen molar-refractivity contribution in [1.29, 1.82) is 0 Å². The third-order valence-corrected chi connectivity index (χ3v) is 2.83. The maximum absolute atomic E-state index is 10.7. The number of hydrogen-bond donors (Lipinski definition) is 1. The summed E-state index contributed by atoms with van der Waals surface area (Å²) in [6.07, 6.45) is 1.55. The predicted octanol–water partition coefficient (Wildman–Crippen LogP) is 2.19. The van der Waals surface area contributed by atoms with Crippen molar-refractivity contribution < 1.29 is 9.90 Å². The zero-order valence-electron chi connectivity index (χ0n) is 11.3. The summed E-state index contributed by atoms with van der Waals surface area (Å²) in [7, 11) is 0. The van der Waals surface area contributed by atoms with Gasteiger partial charge in [0.25, 0.3) is 0 Å². The molecule has 5 heteroatoms. The van der Waals surface area contributed by atoms with Crippen molar-refractivity contribution in [3.63, 3.8) is 0 Å². The van der Waals surface area contributed by atoms with E-state index in [-0.39, 0.29) is 11.8 Å². The standard InChI is InChI=1S/C14H17N3O2/c1-14(2,3)11-6-4-5-7-12(11)17-9-10(15-16-17)8-13(18)19/h4-7,9H,8H2,1-3H3,(H,18,19). The fourth-order valence-electron chi connectivity index (χ4n) is 1.96. The average molecular weight is 259 g/mol. The highest BCUT2D eigenvalue weighted by Gasteiger charge is 2.19. The number of aliphatic carboxylic acids is 1. The van der Waals surface area contributed by atoms with E-state index < -0.39 is 5.97 Å². The number of para-hydroxylation sites is 1. The van der Waals surface area contributed by atoms with E-state index in [2.05, 4.69) is 31.1 Å². The second-order valence-corrected chi connectivity index (χ2v) is 5.49. The molecule has 0 bridgehead atoms. The normalized spacial score (nSPS) is 11.5. The maximum atomic E-state index is 10.7. The van der Waals surface area contributed by atoms with Crippen molar-refractivity contribution in [2.45, 2.75) is 32.6 Å². The Morgan fingerprint density at radius 2 is 2.00 bits per heavy atom. The van der Waals surface area contributed by atoms with E-state index in [1.165, 1.54) is 0 Å². The van der Waals surface area contributed by atoms with Gasteiger partial charge in [0.1, 0.15) is 0 Å². The smallest absolute Gasteiger partial charge is 0.309 e. The van der Waals surface area contributed by atoms with Crippen LogP contribution in [0, 0.1) is 0 Å². The van der Waals surface area contributed by atoms with Crippen molar-refractivity contribution >= 4 is 5.97 Å². The maximum Gasteiger partial charge on any atom is 0.309 e. The van der Waals surface area contributed by atoms with Crippen LogP contribution in [0.5, 0.6) is 0 Å². The average Bonchev–Trinajstić information content (AvgIpc) is 2.75. The van der Waals surface area contributed by atoms with E-state index >= 15 is 0 Å². The van der Waals surface area contributed by atoms with Crippen LogP contribution in [-0.2, 0) is 16.6 Å². The number of nitrogens with zero attached hydrogens (tertiary/aromatic N) is 3. The number of carbonyl (C=O) groups is 1. The van der Waals surface area contributed by atoms with Crippen molar-refractivity contribution in [1.82, 2.24) is 15.0 Å². The van der Waals surface area contributed by atoms with E-state index in [4.69, 9.17) is 5.11 Å². The zero-order chi connectivity index (χ0) is 14.0. The summed E-state index contributed by atoms with van der Waals surface area (Å²) >= 11 is 0. The molecule has 0 spiro atoms. The lowest BCUT2D eigenvalue weighted by molar-refractivity contribution is -0.136. The van der Waals surface area contributed by atoms with E-state index in [9.17, 15) is 4.79 Å². The first-order chi connectivity index (χ1) is 8.88. The molecular formula is C14H17N3O2. The van der Waals surface area contributed by atoms with Gasteiger partial charge in [-0.2, -0.15) is 0 Å². The van der Waals surface area contributed by atoms with E-state index in [0.29, 0.717) is 5.69 Å². The topological polar surface area (TPSA) is 68.0 Å². The Morgan fingerprint density at radius 1 is 1.32 bits per heavy atom. The minimum atomic E-state index is -0.906. The Kier molecular flexibility index (Phi) is 3.38. The molecule has 1 aromatic heterocycles. The van der Waals surface area contributed by atoms with Crippen LogP contribution in [0.2, 0.25) is 0 Å². The molecule has 0 radical (unpaired) electrons. The second kappa shape index (κ2) is 4.84. The Morgan fingerprint density at radius 3 is 2.63 bits per heavy atom. The van der Waals surface area contributed by atoms with Crippen LogP contribution in [0.4, 0.5) is 0 Å². The van der Waals surface area contributed by atoms with E-state index in [1.807, 2.05) is 24.3 Å². The highest BCUT2D eigenvalue weighted by molar-refractivity contribution is 5.69. The molecule has 1 N–H and O–H groups in total. The van der Waals surface area contributed by atoms with E-state index in [1.54, 1.807) is 10.9 Å². The molecule has 1 heterocycles. The first kappa shape index (κ1) is 13.3. The molecule has 0 saturated heterocycles. The van der Waals surface area contributed by atoms with Crippen LogP contribution >= 0.6 is 0 Å². The van der Waals surface area contributed by atoms with Crippen LogP contribution in [0.25, 0.3) is 5.69 Å². The number of carboxylic acid groups (broad SMARTS) is 1. The first-order valence-electron chi connectivity index (χ1n) is 6.11. The lowest BCUT2D eigenvalue weighted by atomic mass is 9.86. The number of aromatic nitrogens is 3. The molecule has 0 amide bonds. The van der Waals surface area contributed by atoms with Crippen LogP contribution in [0.15, 0.2) is 30.5 Å². The first-order valence-corrected chi connectivity index (χ1v) is 6.11. The largest absolute Gasteiger partial charge is 0.481 e. The molecule has 19 heavy (non-hydrogen) atoms. The summed E-state index contributed by atoms with van der Waals surface area (Å²) in [5.74, 6) is -0.906. The third kappa shape index (κ3) is 2.99. The van der Waals surface area contributed by atoms with Gasteiger partial charge >= 0.3 is 5.97 Å². The van der Waals surface area contributed by atoms with Crippen LogP contribution in [-0.4, -0.2) is 26.1 Å². The van der Waals surface area contributed by atoms with Gasteiger partial charge in [0.15, 0.2) is 0 Å². The quantitative estimate of drug-likeness (QED) is 0.917. The predicted molar refractivity (Wildman–Crippen MR) is 71.4 cm³/mol. The summed E-state index contributed by atoms with van der Waals surface area (Å²) in [6.45, 7) is 6.38. The van der Waals surface area contributed by atoms with E-state index in [0.717, 1.165) is 11.3 Å². The molecule has 2 rings (SSSR count). The lowest BCUT2D eigenvalue weighted by Crippen LogP contribution is -2.15. The molecule has 100 valence electrons. The minimum Gasteiger partial charge on any atom is -0.481 e. The Hall–Kier alpha value is -2.17. The van der Waals surface area contributed by atoms with Gasteiger partial charge in [-0.25, -0.2) is 4.68 Å². The summed E-state index contributed by atoms with van der Waals surface area (Å²) < 4.78 is 1.64. The summed E-state index contributed by atoms with van der Waals surface area (Å²) in [5.41, 5.74) is 2.51. The summed E-state index contributed by atoms with van der Waals surface area (Å²) in [4.78, 5) is 10.7. The molecule has 0 aliphatic carbocycles. The molecular weight excluding hydrogens is 242 g/mol. The fraction of sp³-hybridized carbons (Fsp3) is 0.357. The van der Waals surface area contributed by atoms with Crippen molar-refractivity contribution in [3.05, 3.63) is 41.7 Å². The van der Waals surface area contributed by atoms with Gasteiger partial charge in [0, 0.05) is 0 Å². The van der Waals surface area contributed by atoms with Gasteiger partial charge < -0.3 is 5.11 Å². The number of hydrogen-bond acceptors (Lipinski definition) is 3. The molecule has 0 atom stereocenters. The van der Waals surface area contributed by atoms with Gasteiger partial charge in [-0.1, -0.05) is 44.2 Å². The molecule has 2 aromatic rings.